The van der Waals surface area contributed by atoms with Gasteiger partial charge in [0.25, 0.3) is 5.91 Å². The van der Waals surface area contributed by atoms with Crippen LogP contribution in [0.3, 0.4) is 0 Å². The van der Waals surface area contributed by atoms with E-state index in [1.54, 1.807) is 18.5 Å². The average molecular weight is 322 g/mol. The molecule has 5 nitrogen and oxygen atoms in total. The number of carbonyl (C=O) groups excluding carboxylic acids is 1. The van der Waals surface area contributed by atoms with E-state index in [1.807, 2.05) is 18.2 Å². The summed E-state index contributed by atoms with van der Waals surface area (Å²) in [5.74, 6) is -0.804. The Hall–Kier alpha value is -2.99. The number of hydrogen-bond acceptors (Lipinski definition) is 3. The third-order valence-electron chi connectivity index (χ3n) is 4.09. The summed E-state index contributed by atoms with van der Waals surface area (Å²) in [5, 5.41) is 12.6. The van der Waals surface area contributed by atoms with Gasteiger partial charge in [0.2, 0.25) is 0 Å². The number of fused-ring (bicyclic) bond motifs is 1. The van der Waals surface area contributed by atoms with E-state index in [9.17, 15) is 9.18 Å². The summed E-state index contributed by atoms with van der Waals surface area (Å²) in [6.45, 7) is 1.64. The van der Waals surface area contributed by atoms with Crippen LogP contribution in [0.5, 0.6) is 0 Å². The zero-order valence-electron chi connectivity index (χ0n) is 12.8. The molecule has 1 aliphatic heterocycles. The number of carbonyl (C=O) groups is 1. The van der Waals surface area contributed by atoms with Gasteiger partial charge >= 0.3 is 0 Å². The van der Waals surface area contributed by atoms with Crippen molar-refractivity contribution in [2.45, 2.75) is 13.1 Å². The summed E-state index contributed by atoms with van der Waals surface area (Å²) in [7, 11) is 0. The molecule has 1 aromatic heterocycles. The van der Waals surface area contributed by atoms with Crippen molar-refractivity contribution in [3.63, 3.8) is 0 Å². The first kappa shape index (κ1) is 14.6. The molecule has 0 spiro atoms. The van der Waals surface area contributed by atoms with Gasteiger partial charge in [0.15, 0.2) is 0 Å². The van der Waals surface area contributed by atoms with E-state index in [-0.39, 0.29) is 11.5 Å². The number of nitrogens with zero attached hydrogens (tertiary/aromatic N) is 1. The first-order valence-corrected chi connectivity index (χ1v) is 7.63. The van der Waals surface area contributed by atoms with E-state index in [2.05, 4.69) is 20.8 Å². The Bertz CT molecular complexity index is 905. The van der Waals surface area contributed by atoms with E-state index >= 15 is 0 Å². The highest BCUT2D eigenvalue weighted by molar-refractivity contribution is 6.05. The van der Waals surface area contributed by atoms with Crippen LogP contribution in [-0.2, 0) is 13.1 Å². The number of anilines is 1. The molecule has 0 atom stereocenters. The predicted octanol–water partition coefficient (Wildman–Crippen LogP) is 3.07. The van der Waals surface area contributed by atoms with Crippen molar-refractivity contribution in [2.75, 3.05) is 5.32 Å². The molecular weight excluding hydrogens is 307 g/mol. The second kappa shape index (κ2) is 5.90. The van der Waals surface area contributed by atoms with Crippen molar-refractivity contribution in [3.05, 3.63) is 71.3 Å². The number of aromatic amines is 1. The maximum absolute atomic E-state index is 13.9. The zero-order valence-corrected chi connectivity index (χ0v) is 12.8. The molecule has 1 aliphatic rings. The van der Waals surface area contributed by atoms with Crippen LogP contribution in [-0.4, -0.2) is 16.1 Å². The molecule has 1 amide bonds. The van der Waals surface area contributed by atoms with E-state index in [1.165, 1.54) is 23.3 Å². The van der Waals surface area contributed by atoms with Crippen molar-refractivity contribution < 1.29 is 9.18 Å². The van der Waals surface area contributed by atoms with Gasteiger partial charge in [-0.05, 0) is 47.0 Å². The molecule has 4 rings (SSSR count). The van der Waals surface area contributed by atoms with Crippen molar-refractivity contribution in [2.24, 2.45) is 0 Å². The predicted molar refractivity (Wildman–Crippen MR) is 88.9 cm³/mol. The lowest BCUT2D eigenvalue weighted by Crippen LogP contribution is -2.12. The second-order valence-corrected chi connectivity index (χ2v) is 5.76. The molecule has 24 heavy (non-hydrogen) atoms. The van der Waals surface area contributed by atoms with E-state index in [0.717, 1.165) is 18.7 Å². The second-order valence-electron chi connectivity index (χ2n) is 5.76. The maximum Gasteiger partial charge on any atom is 0.255 e. The van der Waals surface area contributed by atoms with Gasteiger partial charge in [-0.1, -0.05) is 6.07 Å². The number of rotatable bonds is 3. The monoisotopic (exact) mass is 322 g/mol. The van der Waals surface area contributed by atoms with Gasteiger partial charge in [-0.3, -0.25) is 9.89 Å². The molecule has 3 N–H and O–H groups in total. The summed E-state index contributed by atoms with van der Waals surface area (Å²) in [6, 6.07) is 10.1. The van der Waals surface area contributed by atoms with Crippen LogP contribution in [0.25, 0.3) is 11.1 Å². The number of aromatic nitrogens is 2. The standard InChI is InChI=1S/C18H15FN4O/c19-16-4-12(15-9-21-22-10-15)3-13(5-16)18(24)23-17-2-1-11-7-20-8-14(11)6-17/h1-6,9-10,20H,7-8H2,(H,21,22)(H,23,24). The number of halogens is 1. The molecule has 0 bridgehead atoms. The number of hydrogen-bond donors (Lipinski definition) is 3. The smallest absolute Gasteiger partial charge is 0.255 e. The number of H-pyrrole nitrogens is 1. The molecule has 0 fully saturated rings. The topological polar surface area (TPSA) is 69.8 Å². The fourth-order valence-corrected chi connectivity index (χ4v) is 2.87. The fraction of sp³-hybridized carbons (Fsp3) is 0.111. The van der Waals surface area contributed by atoms with Gasteiger partial charge in [-0.15, -0.1) is 0 Å². The lowest BCUT2D eigenvalue weighted by Gasteiger charge is -2.08. The molecule has 120 valence electrons. The summed E-state index contributed by atoms with van der Waals surface area (Å²) >= 11 is 0. The molecule has 0 saturated carbocycles. The minimum Gasteiger partial charge on any atom is -0.322 e. The number of amides is 1. The number of benzene rings is 2. The van der Waals surface area contributed by atoms with Gasteiger partial charge in [-0.2, -0.15) is 5.10 Å². The third-order valence-corrected chi connectivity index (χ3v) is 4.09. The molecule has 0 aliphatic carbocycles. The Morgan fingerprint density at radius 3 is 2.79 bits per heavy atom. The normalized spacial score (nSPS) is 12.9. The Kier molecular flexibility index (Phi) is 3.59. The van der Waals surface area contributed by atoms with Gasteiger partial charge < -0.3 is 10.6 Å². The van der Waals surface area contributed by atoms with Crippen LogP contribution in [0, 0.1) is 5.82 Å². The van der Waals surface area contributed by atoms with Crippen LogP contribution in [0.15, 0.2) is 48.8 Å². The summed E-state index contributed by atoms with van der Waals surface area (Å²) < 4.78 is 13.9. The van der Waals surface area contributed by atoms with Crippen molar-refractivity contribution in [3.8, 4) is 11.1 Å². The fourth-order valence-electron chi connectivity index (χ4n) is 2.87. The van der Waals surface area contributed by atoms with Crippen LogP contribution < -0.4 is 10.6 Å². The highest BCUT2D eigenvalue weighted by Gasteiger charge is 2.14. The lowest BCUT2D eigenvalue weighted by molar-refractivity contribution is 0.102. The highest BCUT2D eigenvalue weighted by Crippen LogP contribution is 2.23. The Morgan fingerprint density at radius 2 is 1.96 bits per heavy atom. The largest absolute Gasteiger partial charge is 0.322 e. The molecule has 0 unspecified atom stereocenters. The van der Waals surface area contributed by atoms with Crippen molar-refractivity contribution >= 4 is 11.6 Å². The third kappa shape index (κ3) is 2.79. The van der Waals surface area contributed by atoms with E-state index < -0.39 is 5.82 Å². The average Bonchev–Trinajstić information content (AvgIpc) is 3.25. The first-order chi connectivity index (χ1) is 11.7. The lowest BCUT2D eigenvalue weighted by atomic mass is 10.0. The Balaban J connectivity index is 1.60. The molecular formula is C18H15FN4O. The molecule has 3 aromatic rings. The number of nitrogens with one attached hydrogen (secondary N) is 3. The molecule has 2 aromatic carbocycles. The summed E-state index contributed by atoms with van der Waals surface area (Å²) in [5.41, 5.74) is 4.72. The maximum atomic E-state index is 13.9. The molecule has 0 radical (unpaired) electrons. The summed E-state index contributed by atoms with van der Waals surface area (Å²) in [6.07, 6.45) is 3.24. The SMILES string of the molecule is O=C(Nc1ccc2c(c1)CNC2)c1cc(F)cc(-c2cn[nH]c2)c1. The van der Waals surface area contributed by atoms with Gasteiger partial charge in [0, 0.05) is 36.1 Å². The van der Waals surface area contributed by atoms with Crippen LogP contribution in [0.4, 0.5) is 10.1 Å². The van der Waals surface area contributed by atoms with Crippen molar-refractivity contribution in [1.29, 1.82) is 0 Å². The van der Waals surface area contributed by atoms with E-state index in [4.69, 9.17) is 0 Å². The Labute approximate surface area is 137 Å². The highest BCUT2D eigenvalue weighted by atomic mass is 19.1. The van der Waals surface area contributed by atoms with Crippen LogP contribution >= 0.6 is 0 Å². The minimum absolute atomic E-state index is 0.268. The molecule has 6 heteroatoms. The van der Waals surface area contributed by atoms with Gasteiger partial charge in [0.05, 0.1) is 6.20 Å². The molecule has 2 heterocycles. The van der Waals surface area contributed by atoms with Gasteiger partial charge in [0.1, 0.15) is 5.82 Å². The minimum atomic E-state index is -0.461. The summed E-state index contributed by atoms with van der Waals surface area (Å²) in [4.78, 5) is 12.5. The van der Waals surface area contributed by atoms with Crippen molar-refractivity contribution in [1.82, 2.24) is 15.5 Å². The zero-order chi connectivity index (χ0) is 16.5. The molecule has 0 saturated heterocycles. The van der Waals surface area contributed by atoms with E-state index in [0.29, 0.717) is 11.3 Å². The van der Waals surface area contributed by atoms with Crippen LogP contribution in [0.2, 0.25) is 0 Å². The first-order valence-electron chi connectivity index (χ1n) is 7.63. The van der Waals surface area contributed by atoms with Crippen LogP contribution in [0.1, 0.15) is 21.5 Å². The quantitative estimate of drug-likeness (QED) is 0.694. The van der Waals surface area contributed by atoms with Gasteiger partial charge in [-0.25, -0.2) is 4.39 Å². The Morgan fingerprint density at radius 1 is 1.08 bits per heavy atom.